The second-order valence-corrected chi connectivity index (χ2v) is 14.1. The van der Waals surface area contributed by atoms with Gasteiger partial charge in [-0.1, -0.05) is 124 Å². The SMILES string of the molecule is C.COC(=O)Cc1cc(Br)ccc1OCc1ccc(OCc2ccccc2)cc1.O=C(O)Cc1cc(Br)ccc1OCc1ccc(OCc2ccccc2)cc1. The summed E-state index contributed by atoms with van der Waals surface area (Å²) in [4.78, 5) is 22.6. The number of carbonyl (C=O) groups excluding carboxylic acids is 1. The predicted molar refractivity (Wildman–Crippen MR) is 225 cm³/mol. The number of halogens is 2. The molecule has 56 heavy (non-hydrogen) atoms. The summed E-state index contributed by atoms with van der Waals surface area (Å²) in [5.41, 5.74) is 5.66. The molecule has 6 aromatic carbocycles. The highest BCUT2D eigenvalue weighted by Gasteiger charge is 2.12. The summed E-state index contributed by atoms with van der Waals surface area (Å²) in [5.74, 6) is 1.64. The summed E-state index contributed by atoms with van der Waals surface area (Å²) < 4.78 is 29.8. The smallest absolute Gasteiger partial charge is 0.310 e. The molecular formula is C46H44Br2O8. The van der Waals surface area contributed by atoms with Crippen LogP contribution in [0.25, 0.3) is 0 Å². The Labute approximate surface area is 345 Å². The van der Waals surface area contributed by atoms with Gasteiger partial charge in [-0.25, -0.2) is 0 Å². The maximum Gasteiger partial charge on any atom is 0.310 e. The van der Waals surface area contributed by atoms with Crippen LogP contribution in [0.3, 0.4) is 0 Å². The van der Waals surface area contributed by atoms with Gasteiger partial charge in [0.05, 0.1) is 20.0 Å². The Hall–Kier alpha value is -5.58. The van der Waals surface area contributed by atoms with Crippen molar-refractivity contribution in [3.63, 3.8) is 0 Å². The first kappa shape index (κ1) is 43.2. The van der Waals surface area contributed by atoms with E-state index in [0.717, 1.165) is 48.3 Å². The lowest BCUT2D eigenvalue weighted by molar-refractivity contribution is -0.140. The molecule has 10 heteroatoms. The topological polar surface area (TPSA) is 101 Å². The van der Waals surface area contributed by atoms with Crippen LogP contribution in [0.15, 0.2) is 155 Å². The number of benzene rings is 6. The lowest BCUT2D eigenvalue weighted by atomic mass is 10.1. The quantitative estimate of drug-likeness (QED) is 0.0960. The fraction of sp³-hybridized carbons (Fsp3) is 0.174. The molecule has 0 unspecified atom stereocenters. The van der Waals surface area contributed by atoms with Crippen molar-refractivity contribution in [3.8, 4) is 23.0 Å². The van der Waals surface area contributed by atoms with Gasteiger partial charge < -0.3 is 28.8 Å². The van der Waals surface area contributed by atoms with E-state index >= 15 is 0 Å². The third kappa shape index (κ3) is 14.6. The molecule has 0 bridgehead atoms. The van der Waals surface area contributed by atoms with Crippen LogP contribution in [-0.4, -0.2) is 24.2 Å². The molecule has 0 saturated carbocycles. The minimum absolute atomic E-state index is 0. The predicted octanol–water partition coefficient (Wildman–Crippen LogP) is 11.2. The Morgan fingerprint density at radius 2 is 0.875 bits per heavy atom. The summed E-state index contributed by atoms with van der Waals surface area (Å²) >= 11 is 6.78. The van der Waals surface area contributed by atoms with Crippen LogP contribution in [0.4, 0.5) is 0 Å². The van der Waals surface area contributed by atoms with Crippen molar-refractivity contribution in [1.29, 1.82) is 0 Å². The minimum atomic E-state index is -0.891. The monoisotopic (exact) mass is 882 g/mol. The van der Waals surface area contributed by atoms with E-state index < -0.39 is 5.97 Å². The van der Waals surface area contributed by atoms with E-state index in [-0.39, 0.29) is 26.2 Å². The molecule has 0 aliphatic carbocycles. The number of hydrogen-bond donors (Lipinski definition) is 1. The third-order valence-electron chi connectivity index (χ3n) is 8.08. The van der Waals surface area contributed by atoms with Gasteiger partial charge in [-0.15, -0.1) is 0 Å². The van der Waals surface area contributed by atoms with Gasteiger partial charge in [0.25, 0.3) is 0 Å². The average Bonchev–Trinajstić information content (AvgIpc) is 3.20. The van der Waals surface area contributed by atoms with Crippen LogP contribution >= 0.6 is 31.9 Å². The van der Waals surface area contributed by atoms with E-state index in [9.17, 15) is 9.59 Å². The molecular weight excluding hydrogens is 840 g/mol. The largest absolute Gasteiger partial charge is 0.489 e. The van der Waals surface area contributed by atoms with Gasteiger partial charge in [-0.2, -0.15) is 0 Å². The van der Waals surface area contributed by atoms with Crippen LogP contribution in [0.2, 0.25) is 0 Å². The number of esters is 1. The maximum atomic E-state index is 11.6. The molecule has 1 N–H and O–H groups in total. The molecule has 0 radical (unpaired) electrons. The van der Waals surface area contributed by atoms with Crippen molar-refractivity contribution in [2.24, 2.45) is 0 Å². The van der Waals surface area contributed by atoms with Crippen molar-refractivity contribution in [1.82, 2.24) is 0 Å². The van der Waals surface area contributed by atoms with Crippen molar-refractivity contribution in [2.45, 2.75) is 46.7 Å². The Morgan fingerprint density at radius 3 is 1.27 bits per heavy atom. The molecule has 8 nitrogen and oxygen atoms in total. The molecule has 0 spiro atoms. The van der Waals surface area contributed by atoms with Crippen LogP contribution in [0.1, 0.15) is 40.8 Å². The summed E-state index contributed by atoms with van der Waals surface area (Å²) in [5, 5.41) is 9.05. The van der Waals surface area contributed by atoms with Gasteiger partial charge in [0.1, 0.15) is 49.4 Å². The highest BCUT2D eigenvalue weighted by Crippen LogP contribution is 2.27. The zero-order chi connectivity index (χ0) is 38.8. The van der Waals surface area contributed by atoms with Crippen molar-refractivity contribution in [2.75, 3.05) is 7.11 Å². The zero-order valence-electron chi connectivity index (χ0n) is 30.2. The van der Waals surface area contributed by atoms with E-state index in [0.29, 0.717) is 43.5 Å². The number of carboxylic acid groups (broad SMARTS) is 1. The molecule has 0 aromatic heterocycles. The fourth-order valence-electron chi connectivity index (χ4n) is 5.21. The van der Waals surface area contributed by atoms with Crippen LogP contribution in [0.5, 0.6) is 23.0 Å². The summed E-state index contributed by atoms with van der Waals surface area (Å²) in [7, 11) is 1.38. The lowest BCUT2D eigenvalue weighted by Crippen LogP contribution is -2.07. The number of aliphatic carboxylic acids is 1. The average molecular weight is 885 g/mol. The van der Waals surface area contributed by atoms with E-state index in [1.54, 1.807) is 12.1 Å². The first-order valence-corrected chi connectivity index (χ1v) is 18.9. The standard InChI is InChI=1S/C23H21BrO4.C22H19BrO4.CH4/c1-26-23(25)14-19-13-20(24)9-12-22(19)28-16-18-7-10-21(11-8-18)27-15-17-5-3-2-4-6-17;23-19-8-11-21(18(12-19)13-22(24)25)27-15-17-6-9-20(10-7-17)26-14-16-4-2-1-3-5-16;/h2-13H,14-16H2,1H3;1-12H,13-15H2,(H,24,25);1H4. The first-order valence-electron chi connectivity index (χ1n) is 17.4. The van der Waals surface area contributed by atoms with E-state index in [4.69, 9.17) is 28.8 Å². The van der Waals surface area contributed by atoms with Crippen molar-refractivity contribution >= 4 is 43.8 Å². The molecule has 6 aromatic rings. The van der Waals surface area contributed by atoms with Crippen molar-refractivity contribution in [3.05, 3.63) is 188 Å². The summed E-state index contributed by atoms with van der Waals surface area (Å²) in [6, 6.07) is 46.5. The van der Waals surface area contributed by atoms with Gasteiger partial charge in [0.15, 0.2) is 0 Å². The van der Waals surface area contributed by atoms with Crippen LogP contribution in [-0.2, 0) is 53.6 Å². The van der Waals surface area contributed by atoms with E-state index in [2.05, 4.69) is 31.9 Å². The second-order valence-electron chi connectivity index (χ2n) is 12.2. The number of carbonyl (C=O) groups is 2. The lowest BCUT2D eigenvalue weighted by Gasteiger charge is -2.12. The van der Waals surface area contributed by atoms with Gasteiger partial charge in [-0.05, 0) is 82.9 Å². The molecule has 0 saturated heterocycles. The second kappa shape index (κ2) is 22.7. The minimum Gasteiger partial charge on any atom is -0.489 e. The Bertz CT molecular complexity index is 2110. The zero-order valence-corrected chi connectivity index (χ0v) is 33.3. The highest BCUT2D eigenvalue weighted by atomic mass is 79.9. The van der Waals surface area contributed by atoms with Gasteiger partial charge in [-0.3, -0.25) is 9.59 Å². The molecule has 0 aliphatic heterocycles. The number of methoxy groups -OCH3 is 1. The summed E-state index contributed by atoms with van der Waals surface area (Å²) in [6.45, 7) is 1.81. The van der Waals surface area contributed by atoms with E-state index in [1.807, 2.05) is 133 Å². The van der Waals surface area contributed by atoms with Crippen LogP contribution in [0, 0.1) is 0 Å². The van der Waals surface area contributed by atoms with Crippen molar-refractivity contribution < 1.29 is 38.4 Å². The molecule has 0 aliphatic rings. The first-order chi connectivity index (χ1) is 26.7. The molecule has 0 heterocycles. The third-order valence-corrected chi connectivity index (χ3v) is 9.07. The molecule has 6 rings (SSSR count). The number of hydrogen-bond acceptors (Lipinski definition) is 7. The number of rotatable bonds is 16. The maximum absolute atomic E-state index is 11.6. The number of ether oxygens (including phenoxy) is 5. The van der Waals surface area contributed by atoms with Gasteiger partial charge in [0.2, 0.25) is 0 Å². The Morgan fingerprint density at radius 1 is 0.500 bits per heavy atom. The van der Waals surface area contributed by atoms with Gasteiger partial charge >= 0.3 is 11.9 Å². The van der Waals surface area contributed by atoms with Crippen LogP contribution < -0.4 is 18.9 Å². The molecule has 0 atom stereocenters. The fourth-order valence-corrected chi connectivity index (χ4v) is 6.03. The Kier molecular flexibility index (Phi) is 17.5. The molecule has 0 fully saturated rings. The van der Waals surface area contributed by atoms with Gasteiger partial charge in [0, 0.05) is 20.1 Å². The highest BCUT2D eigenvalue weighted by molar-refractivity contribution is 9.10. The normalized spacial score (nSPS) is 10.2. The number of carboxylic acids is 1. The molecule has 290 valence electrons. The summed E-state index contributed by atoms with van der Waals surface area (Å²) in [6.07, 6.45) is 0.0819. The Balaban J connectivity index is 0.000000244. The molecule has 0 amide bonds. The van der Waals surface area contributed by atoms with E-state index in [1.165, 1.54) is 7.11 Å².